The Hall–Kier alpha value is -3.12. The average molecular weight is 475 g/mol. The van der Waals surface area contributed by atoms with Gasteiger partial charge in [-0.1, -0.05) is 0 Å². The highest BCUT2D eigenvalue weighted by molar-refractivity contribution is 6.08. The molecule has 0 unspecified atom stereocenters. The minimum atomic E-state index is -2.81. The van der Waals surface area contributed by atoms with Crippen molar-refractivity contribution in [2.45, 2.75) is 38.2 Å². The van der Waals surface area contributed by atoms with Crippen molar-refractivity contribution in [1.29, 1.82) is 0 Å². The van der Waals surface area contributed by atoms with Gasteiger partial charge in [0.25, 0.3) is 12.3 Å². The van der Waals surface area contributed by atoms with E-state index in [4.69, 9.17) is 10.5 Å². The van der Waals surface area contributed by atoms with Crippen molar-refractivity contribution in [1.82, 2.24) is 24.4 Å². The number of nitrogens with two attached hydrogens (primary N) is 1. The number of nitrogens with zero attached hydrogens (tertiary/aromatic N) is 6. The summed E-state index contributed by atoms with van der Waals surface area (Å²) in [4.78, 5) is 19.8. The SMILES string of the molecule is NC[C@H]1CC[C@H](n2cc(NC(=O)c3cnn4ccc(N5CCOCC5)nc34)c(C(F)F)n2)CC1. The third kappa shape index (κ3) is 4.47. The van der Waals surface area contributed by atoms with Gasteiger partial charge in [-0.25, -0.2) is 18.3 Å². The fraction of sp³-hybridized carbons (Fsp3) is 0.545. The average Bonchev–Trinajstić information content (AvgIpc) is 3.49. The molecule has 1 aliphatic heterocycles. The standard InChI is InChI=1S/C22H28F2N8O2/c23-20(24)19-17(13-32(29-19)15-3-1-14(11-25)2-4-15)27-22(33)16-12-26-31-6-5-18(28-21(16)31)30-7-9-34-10-8-30/h5-6,12-15,20H,1-4,7-11,25H2,(H,27,33)/t14-,15-. The van der Waals surface area contributed by atoms with Crippen LogP contribution in [0.15, 0.2) is 24.7 Å². The number of anilines is 2. The van der Waals surface area contributed by atoms with Crippen LogP contribution < -0.4 is 16.0 Å². The highest BCUT2D eigenvalue weighted by Gasteiger charge is 2.27. The molecule has 0 atom stereocenters. The van der Waals surface area contributed by atoms with Crippen molar-refractivity contribution in [2.24, 2.45) is 11.7 Å². The number of carbonyl (C=O) groups excluding carboxylic acids is 1. The Morgan fingerprint density at radius 1 is 1.24 bits per heavy atom. The summed E-state index contributed by atoms with van der Waals surface area (Å²) < 4.78 is 35.9. The van der Waals surface area contributed by atoms with Crippen molar-refractivity contribution >= 4 is 23.1 Å². The molecule has 0 spiro atoms. The zero-order valence-corrected chi connectivity index (χ0v) is 18.7. The molecule has 4 heterocycles. The zero-order chi connectivity index (χ0) is 23.7. The number of morpholine rings is 1. The second-order valence-corrected chi connectivity index (χ2v) is 8.78. The zero-order valence-electron chi connectivity index (χ0n) is 18.7. The van der Waals surface area contributed by atoms with Crippen LogP contribution in [-0.2, 0) is 4.74 Å². The summed E-state index contributed by atoms with van der Waals surface area (Å²) in [6, 6.07) is 1.84. The van der Waals surface area contributed by atoms with Gasteiger partial charge in [0.1, 0.15) is 11.4 Å². The van der Waals surface area contributed by atoms with Gasteiger partial charge >= 0.3 is 0 Å². The van der Waals surface area contributed by atoms with E-state index in [1.54, 1.807) is 10.9 Å². The van der Waals surface area contributed by atoms with E-state index >= 15 is 0 Å². The van der Waals surface area contributed by atoms with Gasteiger partial charge in [0.2, 0.25) is 0 Å². The lowest BCUT2D eigenvalue weighted by Gasteiger charge is -2.27. The van der Waals surface area contributed by atoms with E-state index in [1.807, 2.05) is 6.07 Å². The van der Waals surface area contributed by atoms with Crippen LogP contribution in [-0.4, -0.2) is 63.1 Å². The monoisotopic (exact) mass is 474 g/mol. The van der Waals surface area contributed by atoms with Crippen LogP contribution in [0, 0.1) is 5.92 Å². The van der Waals surface area contributed by atoms with E-state index in [1.165, 1.54) is 16.9 Å². The van der Waals surface area contributed by atoms with Crippen molar-refractivity contribution in [3.8, 4) is 0 Å². The number of alkyl halides is 2. The molecule has 1 amide bonds. The molecule has 0 aromatic carbocycles. The van der Waals surface area contributed by atoms with Crippen molar-refractivity contribution in [3.05, 3.63) is 35.9 Å². The molecule has 0 bridgehead atoms. The van der Waals surface area contributed by atoms with Crippen molar-refractivity contribution < 1.29 is 18.3 Å². The third-order valence-electron chi connectivity index (χ3n) is 6.67. The molecule has 10 nitrogen and oxygen atoms in total. The second kappa shape index (κ2) is 9.63. The van der Waals surface area contributed by atoms with Gasteiger partial charge in [0, 0.05) is 25.5 Å². The number of hydrogen-bond donors (Lipinski definition) is 2. The van der Waals surface area contributed by atoms with Gasteiger partial charge in [-0.15, -0.1) is 0 Å². The molecule has 3 N–H and O–H groups in total. The molecule has 2 fully saturated rings. The number of amides is 1. The van der Waals surface area contributed by atoms with E-state index in [2.05, 4.69) is 25.4 Å². The highest BCUT2D eigenvalue weighted by Crippen LogP contribution is 2.34. The topological polar surface area (TPSA) is 116 Å². The Labute approximate surface area is 195 Å². The lowest BCUT2D eigenvalue weighted by atomic mass is 9.86. The first-order valence-electron chi connectivity index (χ1n) is 11.6. The van der Waals surface area contributed by atoms with E-state index in [0.717, 1.165) is 25.7 Å². The molecule has 1 saturated heterocycles. The molecule has 182 valence electrons. The van der Waals surface area contributed by atoms with Crippen molar-refractivity contribution in [2.75, 3.05) is 43.1 Å². The number of fused-ring (bicyclic) bond motifs is 1. The van der Waals surface area contributed by atoms with Crippen molar-refractivity contribution in [3.63, 3.8) is 0 Å². The summed E-state index contributed by atoms with van der Waals surface area (Å²) in [5.41, 5.74) is 5.88. The Kier molecular flexibility index (Phi) is 6.42. The highest BCUT2D eigenvalue weighted by atomic mass is 19.3. The van der Waals surface area contributed by atoms with Gasteiger partial charge in [-0.3, -0.25) is 9.48 Å². The van der Waals surface area contributed by atoms with E-state index in [-0.39, 0.29) is 17.3 Å². The fourth-order valence-electron chi connectivity index (χ4n) is 4.67. The second-order valence-electron chi connectivity index (χ2n) is 8.78. The molecule has 3 aromatic heterocycles. The normalized spacial score (nSPS) is 21.4. The Balaban J connectivity index is 1.38. The summed E-state index contributed by atoms with van der Waals surface area (Å²) >= 11 is 0. The molecule has 5 rings (SSSR count). The molecular weight excluding hydrogens is 446 g/mol. The molecule has 2 aliphatic rings. The number of ether oxygens (including phenoxy) is 1. The first kappa shape index (κ1) is 22.7. The number of aromatic nitrogens is 5. The quantitative estimate of drug-likeness (QED) is 0.564. The predicted octanol–water partition coefficient (Wildman–Crippen LogP) is 2.64. The smallest absolute Gasteiger partial charge is 0.284 e. The van der Waals surface area contributed by atoms with Crippen LogP contribution in [0.25, 0.3) is 5.65 Å². The molecule has 3 aromatic rings. The van der Waals surface area contributed by atoms with Gasteiger partial charge in [-0.2, -0.15) is 10.2 Å². The summed E-state index contributed by atoms with van der Waals surface area (Å²) in [5.74, 6) is 0.612. The van der Waals surface area contributed by atoms with E-state index < -0.39 is 18.0 Å². The molecule has 34 heavy (non-hydrogen) atoms. The molecule has 12 heteroatoms. The summed E-state index contributed by atoms with van der Waals surface area (Å²) in [6.07, 6.45) is 5.32. The van der Waals surface area contributed by atoms with Gasteiger partial charge < -0.3 is 20.7 Å². The number of rotatable bonds is 6. The molecule has 1 saturated carbocycles. The summed E-state index contributed by atoms with van der Waals surface area (Å²) in [5, 5.41) is 10.9. The Morgan fingerprint density at radius 2 is 2.00 bits per heavy atom. The molecular formula is C22H28F2N8O2. The number of carbonyl (C=O) groups is 1. The minimum absolute atomic E-state index is 0.00429. The Morgan fingerprint density at radius 3 is 2.71 bits per heavy atom. The van der Waals surface area contributed by atoms with Crippen LogP contribution in [0.3, 0.4) is 0 Å². The third-order valence-corrected chi connectivity index (χ3v) is 6.67. The number of halogens is 2. The van der Waals surface area contributed by atoms with E-state index in [0.29, 0.717) is 50.2 Å². The van der Waals surface area contributed by atoms with Gasteiger partial charge in [0.15, 0.2) is 11.3 Å². The van der Waals surface area contributed by atoms with Gasteiger partial charge in [0.05, 0.1) is 31.1 Å². The minimum Gasteiger partial charge on any atom is -0.378 e. The first-order valence-corrected chi connectivity index (χ1v) is 11.6. The lowest BCUT2D eigenvalue weighted by molar-refractivity contribution is 0.102. The van der Waals surface area contributed by atoms with Gasteiger partial charge in [-0.05, 0) is 44.2 Å². The number of hydrogen-bond acceptors (Lipinski definition) is 7. The van der Waals surface area contributed by atoms with E-state index in [9.17, 15) is 13.6 Å². The largest absolute Gasteiger partial charge is 0.378 e. The van der Waals surface area contributed by atoms with Crippen LogP contribution in [0.4, 0.5) is 20.3 Å². The van der Waals surface area contributed by atoms with Crippen LogP contribution in [0.1, 0.15) is 54.2 Å². The fourth-order valence-corrected chi connectivity index (χ4v) is 4.67. The maximum Gasteiger partial charge on any atom is 0.284 e. The van der Waals surface area contributed by atoms with Crippen LogP contribution in [0.5, 0.6) is 0 Å². The van der Waals surface area contributed by atoms with Crippen LogP contribution in [0.2, 0.25) is 0 Å². The molecule has 0 radical (unpaired) electrons. The maximum absolute atomic E-state index is 13.7. The van der Waals surface area contributed by atoms with Crippen LogP contribution >= 0.6 is 0 Å². The summed E-state index contributed by atoms with van der Waals surface area (Å²) in [7, 11) is 0. The lowest BCUT2D eigenvalue weighted by Crippen LogP contribution is -2.36. The first-order chi connectivity index (χ1) is 16.5. The predicted molar refractivity (Wildman–Crippen MR) is 121 cm³/mol. The number of nitrogens with one attached hydrogen (secondary N) is 1. The Bertz CT molecular complexity index is 1150. The summed E-state index contributed by atoms with van der Waals surface area (Å²) in [6.45, 7) is 3.24. The molecule has 1 aliphatic carbocycles. The maximum atomic E-state index is 13.7.